The van der Waals surface area contributed by atoms with Crippen molar-refractivity contribution < 1.29 is 0 Å². The number of rotatable bonds is 8. The Balaban J connectivity index is 2.01. The van der Waals surface area contributed by atoms with Crippen molar-refractivity contribution >= 4 is 11.6 Å². The van der Waals surface area contributed by atoms with E-state index in [1.54, 1.807) is 0 Å². The van der Waals surface area contributed by atoms with Crippen LogP contribution in [0.1, 0.15) is 25.8 Å². The molecular formula is C14H23ClN2. The molecule has 0 amide bonds. The molecule has 0 atom stereocenters. The van der Waals surface area contributed by atoms with Gasteiger partial charge in [-0.05, 0) is 50.2 Å². The van der Waals surface area contributed by atoms with Gasteiger partial charge in [0.1, 0.15) is 0 Å². The molecule has 0 fully saturated rings. The summed E-state index contributed by atoms with van der Waals surface area (Å²) in [6, 6.07) is 8.65. The van der Waals surface area contributed by atoms with Crippen LogP contribution in [0.5, 0.6) is 0 Å². The molecule has 1 aromatic carbocycles. The lowest BCUT2D eigenvalue weighted by Gasteiger charge is -2.08. The van der Waals surface area contributed by atoms with E-state index < -0.39 is 0 Å². The number of halogens is 1. The van der Waals surface area contributed by atoms with Gasteiger partial charge in [-0.15, -0.1) is 0 Å². The largest absolute Gasteiger partial charge is 0.316 e. The first kappa shape index (κ1) is 14.5. The maximum atomic E-state index is 5.93. The zero-order valence-corrected chi connectivity index (χ0v) is 11.6. The van der Waals surface area contributed by atoms with Crippen LogP contribution in [0.3, 0.4) is 0 Å². The Hall–Kier alpha value is -0.570. The van der Waals surface area contributed by atoms with Crippen molar-refractivity contribution in [3.8, 4) is 0 Å². The van der Waals surface area contributed by atoms with Crippen LogP contribution >= 0.6 is 11.6 Å². The molecular weight excluding hydrogens is 232 g/mol. The number of benzene rings is 1. The third-order valence-corrected chi connectivity index (χ3v) is 2.80. The summed E-state index contributed by atoms with van der Waals surface area (Å²) in [4.78, 5) is 0. The topological polar surface area (TPSA) is 24.1 Å². The fourth-order valence-corrected chi connectivity index (χ4v) is 1.87. The van der Waals surface area contributed by atoms with Crippen LogP contribution in [-0.2, 0) is 6.42 Å². The van der Waals surface area contributed by atoms with Crippen molar-refractivity contribution in [1.29, 1.82) is 0 Å². The molecule has 0 radical (unpaired) electrons. The van der Waals surface area contributed by atoms with E-state index in [1.165, 1.54) is 12.0 Å². The summed E-state index contributed by atoms with van der Waals surface area (Å²) in [6.07, 6.45) is 2.21. The second kappa shape index (κ2) is 8.51. The SMILES string of the molecule is CC(C)NCCCNCCc1cccc(Cl)c1. The zero-order chi connectivity index (χ0) is 12.5. The quantitative estimate of drug-likeness (QED) is 0.697. The highest BCUT2D eigenvalue weighted by Gasteiger charge is 1.95. The van der Waals surface area contributed by atoms with E-state index in [0.29, 0.717) is 6.04 Å². The minimum atomic E-state index is 0.585. The molecule has 1 rings (SSSR count). The molecule has 0 saturated heterocycles. The van der Waals surface area contributed by atoms with E-state index in [9.17, 15) is 0 Å². The lowest BCUT2D eigenvalue weighted by atomic mass is 10.1. The normalized spacial score (nSPS) is 11.1. The maximum absolute atomic E-state index is 5.93. The second-order valence-electron chi connectivity index (χ2n) is 4.59. The molecule has 3 heteroatoms. The van der Waals surface area contributed by atoms with Crippen molar-refractivity contribution in [2.24, 2.45) is 0 Å². The van der Waals surface area contributed by atoms with Crippen LogP contribution in [0, 0.1) is 0 Å². The van der Waals surface area contributed by atoms with Gasteiger partial charge in [-0.2, -0.15) is 0 Å². The zero-order valence-electron chi connectivity index (χ0n) is 10.8. The van der Waals surface area contributed by atoms with Gasteiger partial charge in [0.05, 0.1) is 0 Å². The number of hydrogen-bond acceptors (Lipinski definition) is 2. The van der Waals surface area contributed by atoms with E-state index in [1.807, 2.05) is 18.2 Å². The van der Waals surface area contributed by atoms with Gasteiger partial charge in [-0.3, -0.25) is 0 Å². The molecule has 0 spiro atoms. The molecule has 0 bridgehead atoms. The Morgan fingerprint density at radius 2 is 2.00 bits per heavy atom. The third-order valence-electron chi connectivity index (χ3n) is 2.56. The summed E-state index contributed by atoms with van der Waals surface area (Å²) in [5.41, 5.74) is 1.30. The molecule has 0 unspecified atom stereocenters. The third kappa shape index (κ3) is 7.37. The lowest BCUT2D eigenvalue weighted by Crippen LogP contribution is -2.27. The molecule has 0 aromatic heterocycles. The summed E-state index contributed by atoms with van der Waals surface area (Å²) >= 11 is 5.93. The highest BCUT2D eigenvalue weighted by atomic mass is 35.5. The molecule has 0 aliphatic carbocycles. The molecule has 17 heavy (non-hydrogen) atoms. The molecule has 2 nitrogen and oxygen atoms in total. The van der Waals surface area contributed by atoms with Crippen molar-refractivity contribution in [1.82, 2.24) is 10.6 Å². The standard InChI is InChI=1S/C14H23ClN2/c1-12(2)17-9-4-8-16-10-7-13-5-3-6-14(15)11-13/h3,5-6,11-12,16-17H,4,7-10H2,1-2H3. The minimum absolute atomic E-state index is 0.585. The highest BCUT2D eigenvalue weighted by molar-refractivity contribution is 6.30. The Labute approximate surface area is 110 Å². The second-order valence-corrected chi connectivity index (χ2v) is 5.03. The fourth-order valence-electron chi connectivity index (χ4n) is 1.65. The van der Waals surface area contributed by atoms with E-state index in [0.717, 1.165) is 31.1 Å². The summed E-state index contributed by atoms with van der Waals surface area (Å²) in [5.74, 6) is 0. The first-order valence-corrected chi connectivity index (χ1v) is 6.75. The van der Waals surface area contributed by atoms with E-state index in [-0.39, 0.29) is 0 Å². The summed E-state index contributed by atoms with van der Waals surface area (Å²) < 4.78 is 0. The van der Waals surface area contributed by atoms with Gasteiger partial charge in [-0.1, -0.05) is 37.6 Å². The summed E-state index contributed by atoms with van der Waals surface area (Å²) in [7, 11) is 0. The molecule has 0 heterocycles. The van der Waals surface area contributed by atoms with Gasteiger partial charge in [-0.25, -0.2) is 0 Å². The predicted octanol–water partition coefficient (Wildman–Crippen LogP) is 2.86. The lowest BCUT2D eigenvalue weighted by molar-refractivity contribution is 0.548. The Morgan fingerprint density at radius 1 is 1.18 bits per heavy atom. The highest BCUT2D eigenvalue weighted by Crippen LogP contribution is 2.10. The Kier molecular flexibility index (Phi) is 7.25. The smallest absolute Gasteiger partial charge is 0.0408 e. The Morgan fingerprint density at radius 3 is 2.71 bits per heavy atom. The van der Waals surface area contributed by atoms with Gasteiger partial charge < -0.3 is 10.6 Å². The van der Waals surface area contributed by atoms with Crippen molar-refractivity contribution in [2.45, 2.75) is 32.7 Å². The molecule has 0 saturated carbocycles. The van der Waals surface area contributed by atoms with Gasteiger partial charge in [0.25, 0.3) is 0 Å². The maximum Gasteiger partial charge on any atom is 0.0408 e. The van der Waals surface area contributed by atoms with Gasteiger partial charge in [0.2, 0.25) is 0 Å². The van der Waals surface area contributed by atoms with Crippen LogP contribution in [0.2, 0.25) is 5.02 Å². The van der Waals surface area contributed by atoms with Gasteiger partial charge in [0, 0.05) is 11.1 Å². The molecule has 2 N–H and O–H groups in total. The predicted molar refractivity (Wildman–Crippen MR) is 75.8 cm³/mol. The number of nitrogens with one attached hydrogen (secondary N) is 2. The minimum Gasteiger partial charge on any atom is -0.316 e. The van der Waals surface area contributed by atoms with E-state index in [4.69, 9.17) is 11.6 Å². The Bertz CT molecular complexity index is 313. The molecule has 1 aromatic rings. The monoisotopic (exact) mass is 254 g/mol. The van der Waals surface area contributed by atoms with Gasteiger partial charge in [0.15, 0.2) is 0 Å². The van der Waals surface area contributed by atoms with E-state index in [2.05, 4.69) is 30.5 Å². The van der Waals surface area contributed by atoms with E-state index >= 15 is 0 Å². The summed E-state index contributed by atoms with van der Waals surface area (Å²) in [6.45, 7) is 7.52. The average molecular weight is 255 g/mol. The van der Waals surface area contributed by atoms with Crippen LogP contribution in [0.25, 0.3) is 0 Å². The average Bonchev–Trinajstić information content (AvgIpc) is 2.27. The van der Waals surface area contributed by atoms with Crippen LogP contribution in [-0.4, -0.2) is 25.7 Å². The van der Waals surface area contributed by atoms with Crippen LogP contribution < -0.4 is 10.6 Å². The van der Waals surface area contributed by atoms with Crippen LogP contribution in [0.15, 0.2) is 24.3 Å². The molecule has 96 valence electrons. The van der Waals surface area contributed by atoms with Crippen LogP contribution in [0.4, 0.5) is 0 Å². The fraction of sp³-hybridized carbons (Fsp3) is 0.571. The first-order chi connectivity index (χ1) is 8.18. The summed E-state index contributed by atoms with van der Waals surface area (Å²) in [5, 5.41) is 7.67. The van der Waals surface area contributed by atoms with Crippen molar-refractivity contribution in [2.75, 3.05) is 19.6 Å². The first-order valence-electron chi connectivity index (χ1n) is 6.37. The number of hydrogen-bond donors (Lipinski definition) is 2. The molecule has 0 aliphatic heterocycles. The van der Waals surface area contributed by atoms with Crippen molar-refractivity contribution in [3.05, 3.63) is 34.9 Å². The molecule has 0 aliphatic rings. The van der Waals surface area contributed by atoms with Crippen molar-refractivity contribution in [3.63, 3.8) is 0 Å². The van der Waals surface area contributed by atoms with Gasteiger partial charge >= 0.3 is 0 Å².